The maximum atomic E-state index is 12.4. The molecule has 0 unspecified atom stereocenters. The highest BCUT2D eigenvalue weighted by Crippen LogP contribution is 2.21. The van der Waals surface area contributed by atoms with Gasteiger partial charge in [0.25, 0.3) is 0 Å². The van der Waals surface area contributed by atoms with Crippen LogP contribution in [0.5, 0.6) is 5.75 Å². The van der Waals surface area contributed by atoms with Gasteiger partial charge in [-0.2, -0.15) is 0 Å². The molecule has 6 nitrogen and oxygen atoms in total. The summed E-state index contributed by atoms with van der Waals surface area (Å²) in [6.07, 6.45) is 4.47. The Morgan fingerprint density at radius 2 is 1.72 bits per heavy atom. The Bertz CT molecular complexity index is 855. The van der Waals surface area contributed by atoms with Gasteiger partial charge >= 0.3 is 0 Å². The third-order valence-electron chi connectivity index (χ3n) is 4.73. The molecule has 0 saturated carbocycles. The number of allylic oxidation sites excluding steroid dienone is 1. The Labute approximate surface area is 171 Å². The average Bonchev–Trinajstić information content (AvgIpc) is 2.68. The van der Waals surface area contributed by atoms with E-state index in [9.17, 15) is 14.7 Å². The van der Waals surface area contributed by atoms with E-state index >= 15 is 0 Å². The number of hydrogen-bond donors (Lipinski definition) is 4. The van der Waals surface area contributed by atoms with Gasteiger partial charge in [0.2, 0.25) is 11.8 Å². The Morgan fingerprint density at radius 3 is 2.34 bits per heavy atom. The number of carbonyl (C=O) groups excluding carboxylic acids is 2. The van der Waals surface area contributed by atoms with Crippen LogP contribution < -0.4 is 16.4 Å². The molecule has 2 aromatic rings. The molecule has 0 spiro atoms. The minimum Gasteiger partial charge on any atom is -0.508 e. The van der Waals surface area contributed by atoms with E-state index in [1.807, 2.05) is 50.3 Å². The van der Waals surface area contributed by atoms with Gasteiger partial charge in [0, 0.05) is 6.20 Å². The zero-order valence-electron chi connectivity index (χ0n) is 17.1. The van der Waals surface area contributed by atoms with E-state index in [-0.39, 0.29) is 11.7 Å². The average molecular weight is 396 g/mol. The summed E-state index contributed by atoms with van der Waals surface area (Å²) in [6, 6.07) is 11.7. The van der Waals surface area contributed by atoms with Crippen LogP contribution in [0.3, 0.4) is 0 Å². The van der Waals surface area contributed by atoms with Crippen molar-refractivity contribution in [3.05, 3.63) is 77.0 Å². The Hall–Kier alpha value is -3.12. The second kappa shape index (κ2) is 10.4. The lowest BCUT2D eigenvalue weighted by Gasteiger charge is -2.18. The molecule has 29 heavy (non-hydrogen) atoms. The molecular weight excluding hydrogens is 366 g/mol. The SMILES string of the molecule is Cc1cc(O)cc(C)c1C[C@@H](N)C(=O)N[C@H](C)C(=O)N/C=C\Cc1ccccc1. The third-order valence-corrected chi connectivity index (χ3v) is 4.73. The fraction of sp³-hybridized carbons (Fsp3) is 0.304. The van der Waals surface area contributed by atoms with Crippen molar-refractivity contribution in [1.29, 1.82) is 0 Å². The molecule has 2 atom stereocenters. The van der Waals surface area contributed by atoms with Crippen molar-refractivity contribution >= 4 is 11.8 Å². The molecular formula is C23H29N3O3. The summed E-state index contributed by atoms with van der Waals surface area (Å²) in [6.45, 7) is 5.34. The number of phenolic OH excluding ortho intramolecular Hbond substituents is 1. The van der Waals surface area contributed by atoms with E-state index in [0.717, 1.165) is 22.3 Å². The molecule has 6 heteroatoms. The minimum absolute atomic E-state index is 0.187. The van der Waals surface area contributed by atoms with Crippen LogP contribution in [0, 0.1) is 13.8 Å². The number of aromatic hydroxyl groups is 1. The number of aryl methyl sites for hydroxylation is 2. The zero-order chi connectivity index (χ0) is 21.4. The second-order valence-electron chi connectivity index (χ2n) is 7.20. The molecule has 0 saturated heterocycles. The maximum absolute atomic E-state index is 12.4. The highest BCUT2D eigenvalue weighted by molar-refractivity contribution is 5.89. The molecule has 2 rings (SSSR count). The van der Waals surface area contributed by atoms with Gasteiger partial charge in [-0.25, -0.2) is 0 Å². The van der Waals surface area contributed by atoms with Crippen LogP contribution in [0.4, 0.5) is 0 Å². The van der Waals surface area contributed by atoms with Crippen LogP contribution in [-0.2, 0) is 22.4 Å². The number of amides is 2. The summed E-state index contributed by atoms with van der Waals surface area (Å²) in [4.78, 5) is 24.6. The first-order valence-corrected chi connectivity index (χ1v) is 9.62. The summed E-state index contributed by atoms with van der Waals surface area (Å²) in [5.41, 5.74) is 9.86. The zero-order valence-corrected chi connectivity index (χ0v) is 17.1. The molecule has 0 bridgehead atoms. The molecule has 0 aliphatic carbocycles. The molecule has 0 aliphatic heterocycles. The van der Waals surface area contributed by atoms with Gasteiger partial charge in [0.05, 0.1) is 6.04 Å². The minimum atomic E-state index is -0.791. The summed E-state index contributed by atoms with van der Waals surface area (Å²) in [5, 5.41) is 15.0. The number of rotatable bonds is 8. The van der Waals surface area contributed by atoms with Crippen LogP contribution in [0.25, 0.3) is 0 Å². The van der Waals surface area contributed by atoms with Crippen LogP contribution in [0.1, 0.15) is 29.2 Å². The van der Waals surface area contributed by atoms with Gasteiger partial charge in [0.1, 0.15) is 11.8 Å². The highest BCUT2D eigenvalue weighted by atomic mass is 16.3. The standard InChI is InChI=1S/C23H29N3O3/c1-15-12-19(27)13-16(2)20(15)14-21(24)23(29)26-17(3)22(28)25-11-7-10-18-8-5-4-6-9-18/h4-9,11-13,17,21,27H,10,14,24H2,1-3H3,(H,25,28)(H,26,29)/b11-7-/t17-,21-/m1/s1. The number of carbonyl (C=O) groups is 2. The summed E-state index contributed by atoms with van der Waals surface area (Å²) in [7, 11) is 0. The fourth-order valence-corrected chi connectivity index (χ4v) is 3.07. The first-order valence-electron chi connectivity index (χ1n) is 9.62. The Balaban J connectivity index is 1.83. The third kappa shape index (κ3) is 6.76. The molecule has 5 N–H and O–H groups in total. The Kier molecular flexibility index (Phi) is 7.98. The first kappa shape index (κ1) is 22.2. The molecule has 0 radical (unpaired) electrons. The molecule has 0 aromatic heterocycles. The van der Waals surface area contributed by atoms with Crippen LogP contribution in [0.2, 0.25) is 0 Å². The van der Waals surface area contributed by atoms with Crippen molar-refractivity contribution in [3.8, 4) is 5.75 Å². The van der Waals surface area contributed by atoms with Crippen LogP contribution >= 0.6 is 0 Å². The summed E-state index contributed by atoms with van der Waals surface area (Å²) >= 11 is 0. The number of phenols is 1. The van der Waals surface area contributed by atoms with E-state index in [0.29, 0.717) is 12.8 Å². The predicted molar refractivity (Wildman–Crippen MR) is 114 cm³/mol. The number of nitrogens with two attached hydrogens (primary N) is 1. The fourth-order valence-electron chi connectivity index (χ4n) is 3.07. The number of nitrogens with one attached hydrogen (secondary N) is 2. The number of hydrogen-bond acceptors (Lipinski definition) is 4. The van der Waals surface area contributed by atoms with E-state index in [1.165, 1.54) is 0 Å². The molecule has 0 aliphatic rings. The summed E-state index contributed by atoms with van der Waals surface area (Å²) < 4.78 is 0. The predicted octanol–water partition coefficient (Wildman–Crippen LogP) is 2.26. The van der Waals surface area contributed by atoms with Gasteiger partial charge in [-0.05, 0) is 68.0 Å². The van der Waals surface area contributed by atoms with Gasteiger partial charge in [-0.1, -0.05) is 36.4 Å². The lowest BCUT2D eigenvalue weighted by molar-refractivity contribution is -0.128. The van der Waals surface area contributed by atoms with Crippen molar-refractivity contribution in [1.82, 2.24) is 10.6 Å². The van der Waals surface area contributed by atoms with Crippen molar-refractivity contribution in [2.24, 2.45) is 5.73 Å². The van der Waals surface area contributed by atoms with Crippen LogP contribution in [-0.4, -0.2) is 29.0 Å². The van der Waals surface area contributed by atoms with Gasteiger partial charge < -0.3 is 21.5 Å². The van der Waals surface area contributed by atoms with E-state index in [4.69, 9.17) is 5.73 Å². The molecule has 0 heterocycles. The molecule has 2 amide bonds. The van der Waals surface area contributed by atoms with Crippen molar-refractivity contribution in [2.45, 2.75) is 45.7 Å². The lowest BCUT2D eigenvalue weighted by Crippen LogP contribution is -2.50. The van der Waals surface area contributed by atoms with Gasteiger partial charge in [-0.3, -0.25) is 9.59 Å². The lowest BCUT2D eigenvalue weighted by atomic mass is 9.96. The number of benzene rings is 2. The van der Waals surface area contributed by atoms with Crippen molar-refractivity contribution in [3.63, 3.8) is 0 Å². The summed E-state index contributed by atoms with van der Waals surface area (Å²) in [5.74, 6) is -0.521. The van der Waals surface area contributed by atoms with Crippen LogP contribution in [0.15, 0.2) is 54.7 Å². The normalized spacial score (nSPS) is 13.1. The molecule has 0 fully saturated rings. The highest BCUT2D eigenvalue weighted by Gasteiger charge is 2.21. The maximum Gasteiger partial charge on any atom is 0.246 e. The monoisotopic (exact) mass is 395 g/mol. The quantitative estimate of drug-likeness (QED) is 0.550. The van der Waals surface area contributed by atoms with E-state index in [1.54, 1.807) is 25.3 Å². The van der Waals surface area contributed by atoms with Gasteiger partial charge in [-0.15, -0.1) is 0 Å². The van der Waals surface area contributed by atoms with E-state index < -0.39 is 18.0 Å². The Morgan fingerprint density at radius 1 is 1.10 bits per heavy atom. The largest absolute Gasteiger partial charge is 0.508 e. The molecule has 154 valence electrons. The van der Waals surface area contributed by atoms with E-state index in [2.05, 4.69) is 10.6 Å². The van der Waals surface area contributed by atoms with Crippen molar-refractivity contribution in [2.75, 3.05) is 0 Å². The van der Waals surface area contributed by atoms with Gasteiger partial charge in [0.15, 0.2) is 0 Å². The second-order valence-corrected chi connectivity index (χ2v) is 7.20. The topological polar surface area (TPSA) is 104 Å². The molecule has 2 aromatic carbocycles. The van der Waals surface area contributed by atoms with Crippen molar-refractivity contribution < 1.29 is 14.7 Å². The first-order chi connectivity index (χ1) is 13.8. The smallest absolute Gasteiger partial charge is 0.246 e.